The molecule has 0 amide bonds. The van der Waals surface area contributed by atoms with Crippen LogP contribution in [0.4, 0.5) is 5.82 Å². The first-order valence-corrected chi connectivity index (χ1v) is 7.76. The van der Waals surface area contributed by atoms with E-state index in [1.54, 1.807) is 11.3 Å². The molecule has 0 aliphatic carbocycles. The van der Waals surface area contributed by atoms with Gasteiger partial charge in [0.2, 0.25) is 0 Å². The van der Waals surface area contributed by atoms with Gasteiger partial charge in [-0.3, -0.25) is 4.98 Å². The first-order valence-electron chi connectivity index (χ1n) is 6.88. The Balaban J connectivity index is 1.86. The number of nitrogens with one attached hydrogen (secondary N) is 1. The predicted molar refractivity (Wildman–Crippen MR) is 85.1 cm³/mol. The van der Waals surface area contributed by atoms with Gasteiger partial charge in [-0.15, -0.1) is 11.3 Å². The van der Waals surface area contributed by atoms with Crippen LogP contribution in [0.5, 0.6) is 0 Å². The van der Waals surface area contributed by atoms with Gasteiger partial charge in [0.15, 0.2) is 0 Å². The molecule has 1 unspecified atom stereocenters. The Morgan fingerprint density at radius 1 is 1.15 bits per heavy atom. The van der Waals surface area contributed by atoms with Crippen LogP contribution in [-0.4, -0.2) is 9.97 Å². The molecule has 0 saturated carbocycles. The highest BCUT2D eigenvalue weighted by molar-refractivity contribution is 7.10. The Labute approximate surface area is 122 Å². The van der Waals surface area contributed by atoms with Crippen molar-refractivity contribution in [3.63, 3.8) is 0 Å². The molecule has 4 heteroatoms. The molecule has 20 heavy (non-hydrogen) atoms. The van der Waals surface area contributed by atoms with Crippen LogP contribution in [0.3, 0.4) is 0 Å². The molecule has 2 aromatic heterocycles. The van der Waals surface area contributed by atoms with Gasteiger partial charge in [-0.1, -0.05) is 31.5 Å². The fourth-order valence-corrected chi connectivity index (χ4v) is 3.08. The number of benzene rings is 1. The number of aromatic nitrogens is 2. The fourth-order valence-electron chi connectivity index (χ4n) is 2.27. The predicted octanol–water partition coefficient (Wildman–Crippen LogP) is 4.64. The Hall–Kier alpha value is -1.94. The van der Waals surface area contributed by atoms with Crippen molar-refractivity contribution in [2.75, 3.05) is 5.32 Å². The first-order chi connectivity index (χ1) is 9.86. The van der Waals surface area contributed by atoms with Crippen molar-refractivity contribution in [2.24, 2.45) is 0 Å². The third kappa shape index (κ3) is 2.80. The molecule has 0 saturated heterocycles. The minimum atomic E-state index is 0.315. The van der Waals surface area contributed by atoms with E-state index in [0.29, 0.717) is 6.04 Å². The molecule has 0 bridgehead atoms. The average molecular weight is 283 g/mol. The summed E-state index contributed by atoms with van der Waals surface area (Å²) < 4.78 is 0. The number of thiophene rings is 1. The first kappa shape index (κ1) is 13.1. The molecular weight excluding hydrogens is 266 g/mol. The lowest BCUT2D eigenvalue weighted by atomic mass is 10.1. The van der Waals surface area contributed by atoms with E-state index in [9.17, 15) is 0 Å². The highest BCUT2D eigenvalue weighted by Crippen LogP contribution is 2.27. The molecule has 0 spiro atoms. The standard InChI is InChI=1S/C16H17N3S/c1-2-6-14(15-9-5-10-20-15)19-16-11-17-12-7-3-4-8-13(12)18-16/h3-5,7-11,14H,2,6H2,1H3,(H,18,19). The van der Waals surface area contributed by atoms with E-state index in [-0.39, 0.29) is 0 Å². The van der Waals surface area contributed by atoms with Crippen molar-refractivity contribution in [1.82, 2.24) is 9.97 Å². The maximum absolute atomic E-state index is 4.64. The summed E-state index contributed by atoms with van der Waals surface area (Å²) in [6.45, 7) is 2.20. The van der Waals surface area contributed by atoms with E-state index in [2.05, 4.69) is 39.7 Å². The molecule has 0 radical (unpaired) electrons. The monoisotopic (exact) mass is 283 g/mol. The highest BCUT2D eigenvalue weighted by Gasteiger charge is 2.12. The Morgan fingerprint density at radius 3 is 2.75 bits per heavy atom. The smallest absolute Gasteiger partial charge is 0.145 e. The van der Waals surface area contributed by atoms with Crippen LogP contribution in [-0.2, 0) is 0 Å². The highest BCUT2D eigenvalue weighted by atomic mass is 32.1. The average Bonchev–Trinajstić information content (AvgIpc) is 3.01. The molecule has 1 aromatic carbocycles. The molecule has 3 nitrogen and oxygen atoms in total. The zero-order chi connectivity index (χ0) is 13.8. The number of nitrogens with zero attached hydrogens (tertiary/aromatic N) is 2. The van der Waals surface area contributed by atoms with E-state index in [4.69, 9.17) is 0 Å². The van der Waals surface area contributed by atoms with Crippen molar-refractivity contribution in [3.8, 4) is 0 Å². The third-order valence-corrected chi connectivity index (χ3v) is 4.22. The number of para-hydroxylation sites is 2. The number of rotatable bonds is 5. The molecule has 0 aliphatic heterocycles. The summed E-state index contributed by atoms with van der Waals surface area (Å²) in [5.74, 6) is 0.843. The molecule has 0 fully saturated rings. The molecule has 1 atom stereocenters. The van der Waals surface area contributed by atoms with Crippen LogP contribution >= 0.6 is 11.3 Å². The second kappa shape index (κ2) is 6.01. The SMILES string of the molecule is CCCC(Nc1cnc2ccccc2n1)c1cccs1. The van der Waals surface area contributed by atoms with E-state index >= 15 is 0 Å². The summed E-state index contributed by atoms with van der Waals surface area (Å²) in [4.78, 5) is 10.4. The topological polar surface area (TPSA) is 37.8 Å². The van der Waals surface area contributed by atoms with Gasteiger partial charge < -0.3 is 5.32 Å². The molecule has 0 aliphatic rings. The van der Waals surface area contributed by atoms with Crippen LogP contribution in [0.1, 0.15) is 30.7 Å². The number of hydrogen-bond donors (Lipinski definition) is 1. The Bertz CT molecular complexity index is 679. The Morgan fingerprint density at radius 2 is 2.00 bits per heavy atom. The molecule has 2 heterocycles. The number of hydrogen-bond acceptors (Lipinski definition) is 4. The van der Waals surface area contributed by atoms with Gasteiger partial charge in [0.1, 0.15) is 5.82 Å². The minimum absolute atomic E-state index is 0.315. The van der Waals surface area contributed by atoms with Crippen LogP contribution in [0.2, 0.25) is 0 Å². The number of fused-ring (bicyclic) bond motifs is 1. The molecule has 3 aromatic rings. The normalized spacial score (nSPS) is 12.4. The molecule has 3 rings (SSSR count). The lowest BCUT2D eigenvalue weighted by Crippen LogP contribution is -2.10. The van der Waals surface area contributed by atoms with Crippen LogP contribution in [0.25, 0.3) is 11.0 Å². The summed E-state index contributed by atoms with van der Waals surface area (Å²) in [6.07, 6.45) is 4.05. The van der Waals surface area contributed by atoms with E-state index in [1.165, 1.54) is 4.88 Å². The van der Waals surface area contributed by atoms with Gasteiger partial charge in [-0.05, 0) is 30.0 Å². The lowest BCUT2D eigenvalue weighted by molar-refractivity contribution is 0.684. The molecule has 1 N–H and O–H groups in total. The minimum Gasteiger partial charge on any atom is -0.361 e. The maximum atomic E-state index is 4.64. The summed E-state index contributed by atoms with van der Waals surface area (Å²) in [5, 5.41) is 5.63. The van der Waals surface area contributed by atoms with Crippen molar-refractivity contribution < 1.29 is 0 Å². The van der Waals surface area contributed by atoms with Crippen molar-refractivity contribution in [1.29, 1.82) is 0 Å². The van der Waals surface area contributed by atoms with Gasteiger partial charge in [0.25, 0.3) is 0 Å². The van der Waals surface area contributed by atoms with Gasteiger partial charge in [0.05, 0.1) is 23.3 Å². The van der Waals surface area contributed by atoms with Gasteiger partial charge >= 0.3 is 0 Å². The molecular formula is C16H17N3S. The largest absolute Gasteiger partial charge is 0.361 e. The fraction of sp³-hybridized carbons (Fsp3) is 0.250. The summed E-state index contributed by atoms with van der Waals surface area (Å²) >= 11 is 1.78. The van der Waals surface area contributed by atoms with Crippen LogP contribution in [0, 0.1) is 0 Å². The number of anilines is 1. The second-order valence-electron chi connectivity index (χ2n) is 4.74. The quantitative estimate of drug-likeness (QED) is 0.741. The summed E-state index contributed by atoms with van der Waals surface area (Å²) in [6, 6.07) is 12.5. The van der Waals surface area contributed by atoms with Gasteiger partial charge in [0, 0.05) is 4.88 Å². The summed E-state index contributed by atoms with van der Waals surface area (Å²) in [5.41, 5.74) is 1.86. The Kier molecular flexibility index (Phi) is 3.92. The molecule has 102 valence electrons. The third-order valence-electron chi connectivity index (χ3n) is 3.23. The van der Waals surface area contributed by atoms with Crippen molar-refractivity contribution in [2.45, 2.75) is 25.8 Å². The van der Waals surface area contributed by atoms with Crippen molar-refractivity contribution >= 4 is 28.2 Å². The zero-order valence-electron chi connectivity index (χ0n) is 11.4. The summed E-state index contributed by atoms with van der Waals surface area (Å²) in [7, 11) is 0. The van der Waals surface area contributed by atoms with Crippen molar-refractivity contribution in [3.05, 3.63) is 52.9 Å². The van der Waals surface area contributed by atoms with Crippen LogP contribution in [0.15, 0.2) is 48.0 Å². The van der Waals surface area contributed by atoms with Crippen LogP contribution < -0.4 is 5.32 Å². The maximum Gasteiger partial charge on any atom is 0.145 e. The van der Waals surface area contributed by atoms with Gasteiger partial charge in [-0.2, -0.15) is 0 Å². The zero-order valence-corrected chi connectivity index (χ0v) is 12.2. The second-order valence-corrected chi connectivity index (χ2v) is 5.72. The lowest BCUT2D eigenvalue weighted by Gasteiger charge is -2.17. The van der Waals surface area contributed by atoms with E-state index < -0.39 is 0 Å². The van der Waals surface area contributed by atoms with E-state index in [0.717, 1.165) is 29.7 Å². The van der Waals surface area contributed by atoms with Gasteiger partial charge in [-0.25, -0.2) is 4.98 Å². The van der Waals surface area contributed by atoms with E-state index in [1.807, 2.05) is 30.5 Å².